The molecular formula is C41H36N6O. The lowest BCUT2D eigenvalue weighted by molar-refractivity contribution is 0.215. The SMILES string of the molecule is CCOC.c1ccc(-c2ccc(-n3c4c(c5cc6c(cc53)c3ccccc3n6-c3ccc(-c5ccccn5)cn3)CCCC4)nc2)nc1. The van der Waals surface area contributed by atoms with Crippen molar-refractivity contribution < 1.29 is 4.74 Å². The van der Waals surface area contributed by atoms with E-state index in [1.165, 1.54) is 51.3 Å². The first-order chi connectivity index (χ1) is 23.7. The van der Waals surface area contributed by atoms with Crippen molar-refractivity contribution in [2.75, 3.05) is 13.7 Å². The number of pyridine rings is 4. The number of ether oxygens (including phenoxy) is 1. The van der Waals surface area contributed by atoms with Crippen LogP contribution in [0.2, 0.25) is 0 Å². The molecular weight excluding hydrogens is 592 g/mol. The van der Waals surface area contributed by atoms with Gasteiger partial charge in [0.05, 0.1) is 27.9 Å². The Bertz CT molecular complexity index is 2340. The van der Waals surface area contributed by atoms with Gasteiger partial charge in [-0.05, 0) is 105 Å². The lowest BCUT2D eigenvalue weighted by Gasteiger charge is -2.15. The van der Waals surface area contributed by atoms with E-state index in [4.69, 9.17) is 9.97 Å². The van der Waals surface area contributed by atoms with Crippen LogP contribution in [0.25, 0.3) is 66.9 Å². The van der Waals surface area contributed by atoms with Gasteiger partial charge in [0, 0.05) is 71.5 Å². The Morgan fingerprint density at radius 1 is 0.583 bits per heavy atom. The molecule has 0 radical (unpaired) electrons. The molecule has 6 heterocycles. The molecule has 0 N–H and O–H groups in total. The Hall–Kier alpha value is -5.66. The Kier molecular flexibility index (Phi) is 7.96. The Labute approximate surface area is 279 Å². The highest BCUT2D eigenvalue weighted by Crippen LogP contribution is 2.40. The van der Waals surface area contributed by atoms with Crippen LogP contribution in [0, 0.1) is 0 Å². The lowest BCUT2D eigenvalue weighted by Crippen LogP contribution is -2.08. The molecule has 236 valence electrons. The molecule has 9 rings (SSSR count). The largest absolute Gasteiger partial charge is 0.385 e. The second kappa shape index (κ2) is 12.9. The zero-order chi connectivity index (χ0) is 32.5. The van der Waals surface area contributed by atoms with Crippen molar-refractivity contribution in [2.45, 2.75) is 32.6 Å². The summed E-state index contributed by atoms with van der Waals surface area (Å²) >= 11 is 0. The zero-order valence-electron chi connectivity index (χ0n) is 27.2. The number of aryl methyl sites for hydroxylation is 1. The van der Waals surface area contributed by atoms with Gasteiger partial charge in [0.1, 0.15) is 11.6 Å². The number of aromatic nitrogens is 6. The molecule has 2 aromatic carbocycles. The summed E-state index contributed by atoms with van der Waals surface area (Å²) in [6, 6.07) is 33.8. The first kappa shape index (κ1) is 29.7. The number of hydrogen-bond acceptors (Lipinski definition) is 5. The van der Waals surface area contributed by atoms with Gasteiger partial charge in [-0.1, -0.05) is 30.3 Å². The van der Waals surface area contributed by atoms with E-state index in [2.05, 4.69) is 84.5 Å². The smallest absolute Gasteiger partial charge is 0.137 e. The standard InChI is InChI=1S/C38H28N6.C3H8O/c1-3-13-33-27(9-1)29-21-36-30(22-35(29)43(33)37-17-15-25(23-41-37)31-11-5-7-19-39-31)28-10-2-4-14-34(28)44(36)38-18-16-26(24-42-38)32-12-6-8-20-40-32;1-3-4-2/h1,3,5-9,11-13,15-24H,2,4,10,14H2;3H2,1-2H3. The molecule has 8 aromatic rings. The molecule has 0 amide bonds. The van der Waals surface area contributed by atoms with E-state index in [1.54, 1.807) is 7.11 Å². The summed E-state index contributed by atoms with van der Waals surface area (Å²) in [5.41, 5.74) is 10.2. The van der Waals surface area contributed by atoms with Crippen LogP contribution in [0.4, 0.5) is 0 Å². The van der Waals surface area contributed by atoms with E-state index in [9.17, 15) is 0 Å². The molecule has 7 heteroatoms. The predicted octanol–water partition coefficient (Wildman–Crippen LogP) is 9.17. The number of para-hydroxylation sites is 1. The maximum atomic E-state index is 4.99. The molecule has 0 bridgehead atoms. The summed E-state index contributed by atoms with van der Waals surface area (Å²) in [5.74, 6) is 1.85. The van der Waals surface area contributed by atoms with E-state index >= 15 is 0 Å². The van der Waals surface area contributed by atoms with Crippen molar-refractivity contribution in [1.29, 1.82) is 0 Å². The van der Waals surface area contributed by atoms with Crippen LogP contribution >= 0.6 is 0 Å². The van der Waals surface area contributed by atoms with Gasteiger partial charge >= 0.3 is 0 Å². The van der Waals surface area contributed by atoms with Gasteiger partial charge in [-0.3, -0.25) is 19.1 Å². The molecule has 0 saturated heterocycles. The molecule has 0 unspecified atom stereocenters. The zero-order valence-corrected chi connectivity index (χ0v) is 27.2. The van der Waals surface area contributed by atoms with Crippen LogP contribution in [-0.2, 0) is 17.6 Å². The van der Waals surface area contributed by atoms with Gasteiger partial charge in [-0.15, -0.1) is 0 Å². The van der Waals surface area contributed by atoms with Gasteiger partial charge in [0.15, 0.2) is 0 Å². The third-order valence-electron chi connectivity index (χ3n) is 9.23. The van der Waals surface area contributed by atoms with E-state index in [-0.39, 0.29) is 0 Å². The molecule has 1 aliphatic carbocycles. The topological polar surface area (TPSA) is 70.7 Å². The molecule has 1 aliphatic rings. The third kappa shape index (κ3) is 5.22. The third-order valence-corrected chi connectivity index (χ3v) is 9.23. The fourth-order valence-corrected chi connectivity index (χ4v) is 6.92. The summed E-state index contributed by atoms with van der Waals surface area (Å²) in [6.45, 7) is 2.78. The van der Waals surface area contributed by atoms with Gasteiger partial charge < -0.3 is 4.74 Å². The summed E-state index contributed by atoms with van der Waals surface area (Å²) in [6.07, 6.45) is 12.0. The van der Waals surface area contributed by atoms with Crippen molar-refractivity contribution >= 4 is 32.7 Å². The monoisotopic (exact) mass is 628 g/mol. The second-order valence-electron chi connectivity index (χ2n) is 12.0. The van der Waals surface area contributed by atoms with E-state index < -0.39 is 0 Å². The first-order valence-corrected chi connectivity index (χ1v) is 16.6. The minimum Gasteiger partial charge on any atom is -0.385 e. The summed E-state index contributed by atoms with van der Waals surface area (Å²) in [5, 5.41) is 3.73. The number of hydrogen-bond donors (Lipinski definition) is 0. The fourth-order valence-electron chi connectivity index (χ4n) is 6.92. The second-order valence-corrected chi connectivity index (χ2v) is 12.0. The summed E-state index contributed by atoms with van der Waals surface area (Å²) < 4.78 is 9.25. The fraction of sp³-hybridized carbons (Fsp3) is 0.171. The summed E-state index contributed by atoms with van der Waals surface area (Å²) in [7, 11) is 1.68. The van der Waals surface area contributed by atoms with Crippen molar-refractivity contribution in [3.8, 4) is 34.2 Å². The van der Waals surface area contributed by atoms with Gasteiger partial charge in [-0.2, -0.15) is 0 Å². The Balaban J connectivity index is 0.000000799. The predicted molar refractivity (Wildman–Crippen MR) is 194 cm³/mol. The van der Waals surface area contributed by atoms with Crippen molar-refractivity contribution in [3.05, 3.63) is 133 Å². The maximum absolute atomic E-state index is 4.99. The minimum absolute atomic E-state index is 0.819. The van der Waals surface area contributed by atoms with Gasteiger partial charge in [0.2, 0.25) is 0 Å². The quantitative estimate of drug-likeness (QED) is 0.190. The molecule has 0 aliphatic heterocycles. The number of benzene rings is 2. The average Bonchev–Trinajstić information content (AvgIpc) is 3.67. The Morgan fingerprint density at radius 2 is 1.17 bits per heavy atom. The van der Waals surface area contributed by atoms with Crippen LogP contribution in [0.3, 0.4) is 0 Å². The average molecular weight is 629 g/mol. The minimum atomic E-state index is 0.819. The molecule has 0 fully saturated rings. The number of rotatable bonds is 5. The van der Waals surface area contributed by atoms with E-state index in [0.29, 0.717) is 0 Å². The highest BCUT2D eigenvalue weighted by atomic mass is 16.5. The van der Waals surface area contributed by atoms with Crippen molar-refractivity contribution in [3.63, 3.8) is 0 Å². The first-order valence-electron chi connectivity index (χ1n) is 16.6. The highest BCUT2D eigenvalue weighted by Gasteiger charge is 2.24. The van der Waals surface area contributed by atoms with E-state index in [0.717, 1.165) is 59.1 Å². The molecule has 48 heavy (non-hydrogen) atoms. The highest BCUT2D eigenvalue weighted by molar-refractivity contribution is 6.14. The van der Waals surface area contributed by atoms with Crippen LogP contribution in [0.1, 0.15) is 31.0 Å². The molecule has 6 aromatic heterocycles. The number of fused-ring (bicyclic) bond motifs is 6. The maximum Gasteiger partial charge on any atom is 0.137 e. The molecule has 0 atom stereocenters. The molecule has 0 saturated carbocycles. The van der Waals surface area contributed by atoms with Crippen molar-refractivity contribution in [2.24, 2.45) is 0 Å². The number of methoxy groups -OCH3 is 1. The van der Waals surface area contributed by atoms with Crippen LogP contribution in [0.5, 0.6) is 0 Å². The normalized spacial score (nSPS) is 12.6. The van der Waals surface area contributed by atoms with Gasteiger partial charge in [-0.25, -0.2) is 9.97 Å². The molecule has 7 nitrogen and oxygen atoms in total. The van der Waals surface area contributed by atoms with Crippen molar-refractivity contribution in [1.82, 2.24) is 29.1 Å². The summed E-state index contributed by atoms with van der Waals surface area (Å²) in [4.78, 5) is 19.0. The van der Waals surface area contributed by atoms with Crippen LogP contribution < -0.4 is 0 Å². The van der Waals surface area contributed by atoms with Crippen LogP contribution in [0.15, 0.2) is 122 Å². The number of nitrogens with zero attached hydrogens (tertiary/aromatic N) is 6. The lowest BCUT2D eigenvalue weighted by atomic mass is 9.95. The van der Waals surface area contributed by atoms with Crippen LogP contribution in [-0.4, -0.2) is 42.8 Å². The Morgan fingerprint density at radius 3 is 1.77 bits per heavy atom. The molecule has 0 spiro atoms. The van der Waals surface area contributed by atoms with E-state index in [1.807, 2.05) is 68.1 Å². The van der Waals surface area contributed by atoms with Gasteiger partial charge in [0.25, 0.3) is 0 Å².